The van der Waals surface area contributed by atoms with Crippen LogP contribution in [-0.4, -0.2) is 35.4 Å². The van der Waals surface area contributed by atoms with Gasteiger partial charge >= 0.3 is 6.18 Å². The van der Waals surface area contributed by atoms with Crippen LogP contribution in [0.15, 0.2) is 24.3 Å². The van der Waals surface area contributed by atoms with Gasteiger partial charge in [0.05, 0.1) is 17.4 Å². The average molecular weight is 394 g/mol. The van der Waals surface area contributed by atoms with E-state index in [0.29, 0.717) is 29.8 Å². The van der Waals surface area contributed by atoms with Gasteiger partial charge in [0.25, 0.3) is 0 Å². The topological polar surface area (TPSA) is 46.2 Å². The molecule has 3 nitrogen and oxygen atoms in total. The summed E-state index contributed by atoms with van der Waals surface area (Å²) < 4.78 is 39.0. The first-order valence-corrected chi connectivity index (χ1v) is 9.53. The van der Waals surface area contributed by atoms with Crippen LogP contribution in [0.25, 0.3) is 0 Å². The fourth-order valence-corrected chi connectivity index (χ4v) is 3.75. The lowest BCUT2D eigenvalue weighted by Crippen LogP contribution is -2.48. The number of hydrogen-bond donors (Lipinski definition) is 1. The highest BCUT2D eigenvalue weighted by Crippen LogP contribution is 2.37. The van der Waals surface area contributed by atoms with Gasteiger partial charge < -0.3 is 5.32 Å². The highest BCUT2D eigenvalue weighted by molar-refractivity contribution is 8.00. The Hall–Kier alpha value is -1.21. The van der Waals surface area contributed by atoms with Crippen molar-refractivity contribution in [2.45, 2.75) is 37.9 Å². The van der Waals surface area contributed by atoms with Crippen LogP contribution in [0, 0.1) is 5.92 Å². The van der Waals surface area contributed by atoms with Crippen LogP contribution in [0.4, 0.5) is 13.2 Å². The van der Waals surface area contributed by atoms with Crippen molar-refractivity contribution in [2.75, 3.05) is 11.5 Å². The number of rotatable bonds is 6. The maximum Gasteiger partial charge on any atom is 0.393 e. The van der Waals surface area contributed by atoms with Crippen LogP contribution in [0.1, 0.15) is 36.0 Å². The monoisotopic (exact) mass is 393 g/mol. The van der Waals surface area contributed by atoms with Crippen LogP contribution >= 0.6 is 23.4 Å². The largest absolute Gasteiger partial charge is 0.393 e. The maximum absolute atomic E-state index is 13.0. The molecule has 2 rings (SSSR count). The number of carbonyl (C=O) groups excluding carboxylic acids is 2. The molecule has 1 aromatic rings. The minimum atomic E-state index is -4.30. The van der Waals surface area contributed by atoms with Crippen LogP contribution in [0.2, 0.25) is 5.02 Å². The molecule has 0 spiro atoms. The number of nitrogens with one attached hydrogen (secondary N) is 1. The standard InChI is InChI=1S/C17H19ClF3NO2S/c18-12-7-5-11(6-8-12)15(23)9-25-10-16(24)22-14-4-2-1-3-13(14)17(19,20)21/h5-8,13-14H,1-4,9-10H2,(H,22,24)/t13-,14-/m0/s1. The van der Waals surface area contributed by atoms with Crippen molar-refractivity contribution in [1.82, 2.24) is 5.32 Å². The molecular formula is C17H19ClF3NO2S. The molecule has 0 bridgehead atoms. The van der Waals surface area contributed by atoms with Gasteiger partial charge in [0.2, 0.25) is 5.91 Å². The van der Waals surface area contributed by atoms with Gasteiger partial charge in [-0.25, -0.2) is 0 Å². The Bertz CT molecular complexity index is 607. The summed E-state index contributed by atoms with van der Waals surface area (Å²) in [5.74, 6) is -2.05. The van der Waals surface area contributed by atoms with E-state index in [4.69, 9.17) is 11.6 Å². The van der Waals surface area contributed by atoms with Crippen molar-refractivity contribution in [3.63, 3.8) is 0 Å². The summed E-state index contributed by atoms with van der Waals surface area (Å²) in [5, 5.41) is 3.01. The fourth-order valence-electron chi connectivity index (χ4n) is 2.90. The van der Waals surface area contributed by atoms with Crippen molar-refractivity contribution in [3.05, 3.63) is 34.9 Å². The molecule has 0 radical (unpaired) electrons. The summed E-state index contributed by atoms with van der Waals surface area (Å²) in [6, 6.07) is 5.54. The second kappa shape index (κ2) is 8.94. The minimum Gasteiger partial charge on any atom is -0.352 e. The zero-order chi connectivity index (χ0) is 18.4. The molecule has 1 saturated carbocycles. The van der Waals surface area contributed by atoms with Gasteiger partial charge in [-0.15, -0.1) is 11.8 Å². The molecule has 2 atom stereocenters. The zero-order valence-electron chi connectivity index (χ0n) is 13.4. The second-order valence-corrected chi connectivity index (χ2v) is 7.45. The number of ketones is 1. The molecule has 1 aliphatic rings. The van der Waals surface area contributed by atoms with Crippen LogP contribution in [-0.2, 0) is 4.79 Å². The van der Waals surface area contributed by atoms with E-state index in [1.165, 1.54) is 0 Å². The van der Waals surface area contributed by atoms with E-state index >= 15 is 0 Å². The highest BCUT2D eigenvalue weighted by Gasteiger charge is 2.45. The summed E-state index contributed by atoms with van der Waals surface area (Å²) in [5.41, 5.74) is 0.488. The third-order valence-corrected chi connectivity index (χ3v) is 5.35. The summed E-state index contributed by atoms with van der Waals surface area (Å²) in [7, 11) is 0. The number of amides is 1. The summed E-state index contributed by atoms with van der Waals surface area (Å²) in [6.45, 7) is 0. The third-order valence-electron chi connectivity index (χ3n) is 4.17. The van der Waals surface area contributed by atoms with Crippen LogP contribution < -0.4 is 5.32 Å². The Labute approximate surface area is 153 Å². The quantitative estimate of drug-likeness (QED) is 0.724. The molecule has 1 N–H and O–H groups in total. The lowest BCUT2D eigenvalue weighted by molar-refractivity contribution is -0.189. The molecule has 0 heterocycles. The Morgan fingerprint density at radius 2 is 1.76 bits per heavy atom. The third kappa shape index (κ3) is 6.22. The molecule has 1 aromatic carbocycles. The number of carbonyl (C=O) groups is 2. The van der Waals surface area contributed by atoms with Gasteiger partial charge in [-0.3, -0.25) is 9.59 Å². The molecule has 1 aliphatic carbocycles. The summed E-state index contributed by atoms with van der Waals surface area (Å²) in [6.07, 6.45) is -2.70. The first-order valence-electron chi connectivity index (χ1n) is 8.00. The maximum atomic E-state index is 13.0. The molecule has 1 amide bonds. The average Bonchev–Trinajstić information content (AvgIpc) is 2.55. The number of alkyl halides is 3. The van der Waals surface area contributed by atoms with E-state index in [2.05, 4.69) is 5.32 Å². The molecule has 8 heteroatoms. The van der Waals surface area contributed by atoms with E-state index in [1.54, 1.807) is 24.3 Å². The number of thioether (sulfide) groups is 1. The number of halogens is 4. The van der Waals surface area contributed by atoms with Gasteiger partial charge in [-0.2, -0.15) is 13.2 Å². The van der Waals surface area contributed by atoms with Gasteiger partial charge in [-0.05, 0) is 37.1 Å². The normalized spacial score (nSPS) is 21.0. The predicted octanol–water partition coefficient (Wildman–Crippen LogP) is 4.49. The van der Waals surface area contributed by atoms with E-state index in [-0.39, 0.29) is 23.7 Å². The van der Waals surface area contributed by atoms with Gasteiger partial charge in [0.1, 0.15) is 0 Å². The second-order valence-electron chi connectivity index (χ2n) is 6.03. The first-order chi connectivity index (χ1) is 11.8. The van der Waals surface area contributed by atoms with E-state index in [9.17, 15) is 22.8 Å². The zero-order valence-corrected chi connectivity index (χ0v) is 15.0. The smallest absolute Gasteiger partial charge is 0.352 e. The molecule has 0 aromatic heterocycles. The number of hydrogen-bond acceptors (Lipinski definition) is 3. The molecule has 0 aliphatic heterocycles. The van der Waals surface area contributed by atoms with Crippen molar-refractivity contribution >= 4 is 35.1 Å². The van der Waals surface area contributed by atoms with Gasteiger partial charge in [-0.1, -0.05) is 24.4 Å². The molecule has 25 heavy (non-hydrogen) atoms. The predicted molar refractivity (Wildman–Crippen MR) is 93.1 cm³/mol. The minimum absolute atomic E-state index is 0.0413. The summed E-state index contributed by atoms with van der Waals surface area (Å²) >= 11 is 6.84. The van der Waals surface area contributed by atoms with E-state index < -0.39 is 24.0 Å². The SMILES string of the molecule is O=C(CSCC(=O)c1ccc(Cl)cc1)N[C@H]1CCCC[C@@H]1C(F)(F)F. The molecule has 1 fully saturated rings. The molecular weight excluding hydrogens is 375 g/mol. The first kappa shape index (κ1) is 20.1. The number of Topliss-reactive ketones (excluding diaryl/α,β-unsaturated/α-hetero) is 1. The Morgan fingerprint density at radius 3 is 2.40 bits per heavy atom. The lowest BCUT2D eigenvalue weighted by Gasteiger charge is -2.33. The Kier molecular flexibility index (Phi) is 7.19. The fraction of sp³-hybridized carbons (Fsp3) is 0.529. The van der Waals surface area contributed by atoms with Gasteiger partial charge in [0.15, 0.2) is 5.78 Å². The number of benzene rings is 1. The van der Waals surface area contributed by atoms with Crippen molar-refractivity contribution in [2.24, 2.45) is 5.92 Å². The van der Waals surface area contributed by atoms with E-state index in [0.717, 1.165) is 11.8 Å². The van der Waals surface area contributed by atoms with E-state index in [1.807, 2.05) is 0 Å². The molecule has 138 valence electrons. The van der Waals surface area contributed by atoms with Gasteiger partial charge in [0, 0.05) is 16.6 Å². The molecule has 0 saturated heterocycles. The van der Waals surface area contributed by atoms with Crippen molar-refractivity contribution < 1.29 is 22.8 Å². The summed E-state index contributed by atoms with van der Waals surface area (Å²) in [4.78, 5) is 23.9. The van der Waals surface area contributed by atoms with Crippen molar-refractivity contribution in [1.29, 1.82) is 0 Å². The lowest BCUT2D eigenvalue weighted by atomic mass is 9.84. The van der Waals surface area contributed by atoms with Crippen LogP contribution in [0.5, 0.6) is 0 Å². The Morgan fingerprint density at radius 1 is 1.12 bits per heavy atom. The molecule has 0 unspecified atom stereocenters. The van der Waals surface area contributed by atoms with Crippen LogP contribution in [0.3, 0.4) is 0 Å². The Balaban J connectivity index is 1.78. The highest BCUT2D eigenvalue weighted by atomic mass is 35.5. The van der Waals surface area contributed by atoms with Crippen molar-refractivity contribution in [3.8, 4) is 0 Å².